The molecule has 0 amide bonds. The van der Waals surface area contributed by atoms with Crippen LogP contribution >= 0.6 is 34.0 Å². The number of fused-ring (bicyclic) bond motifs is 21. The average molecular weight is 1900 g/mol. The molecule has 12 heterocycles. The summed E-state index contributed by atoms with van der Waals surface area (Å²) in [4.78, 5) is 59.3. The quantitative estimate of drug-likeness (QED) is 0.112. The van der Waals surface area contributed by atoms with Gasteiger partial charge in [-0.3, -0.25) is 15.0 Å². The molecule has 674 valence electrons. The van der Waals surface area contributed by atoms with E-state index < -0.39 is 0 Å². The first kappa shape index (κ1) is 83.7. The first-order chi connectivity index (χ1) is 71.3. The van der Waals surface area contributed by atoms with Crippen LogP contribution in [0.25, 0.3) is 274 Å². The molecule has 0 radical (unpaired) electrons. The maximum Gasteiger partial charge on any atom is 0.164 e. The fraction of sp³-hybridized carbons (Fsp3) is 0.0159. The Morgan fingerprint density at radius 1 is 0.229 bits per heavy atom. The van der Waals surface area contributed by atoms with Crippen LogP contribution in [0, 0.1) is 0 Å². The van der Waals surface area contributed by atoms with Gasteiger partial charge in [0.1, 0.15) is 34.2 Å². The summed E-state index contributed by atoms with van der Waals surface area (Å²) >= 11 is 5.46. The smallest absolute Gasteiger partial charge is 0.164 e. The van der Waals surface area contributed by atoms with Gasteiger partial charge in [0.25, 0.3) is 0 Å². The molecule has 28 aromatic rings. The Labute approximate surface area is 834 Å². The van der Waals surface area contributed by atoms with Gasteiger partial charge in [0.2, 0.25) is 0 Å². The van der Waals surface area contributed by atoms with Gasteiger partial charge in [-0.25, -0.2) is 44.9 Å². The van der Waals surface area contributed by atoms with Crippen molar-refractivity contribution in [3.8, 4) is 142 Å². The van der Waals surface area contributed by atoms with Crippen molar-refractivity contribution in [2.45, 2.75) is 12.0 Å². The third-order valence-electron chi connectivity index (χ3n) is 27.3. The predicted octanol–water partition coefficient (Wildman–Crippen LogP) is 31.1. The minimum absolute atomic E-state index is 0.0158. The molecule has 0 spiro atoms. The summed E-state index contributed by atoms with van der Waals surface area (Å²) in [6.45, 7) is 0. The van der Waals surface area contributed by atoms with Crippen LogP contribution in [0.1, 0.15) is 11.5 Å². The van der Waals surface area contributed by atoms with Crippen LogP contribution in [-0.4, -0.2) is 65.9 Å². The van der Waals surface area contributed by atoms with E-state index in [1.165, 1.54) is 60.5 Å². The second-order valence-electron chi connectivity index (χ2n) is 36.0. The number of rotatable bonds is 12. The lowest BCUT2D eigenvalue weighted by molar-refractivity contribution is 0.288. The number of nitrogens with zero attached hydrogens (tertiary/aromatic N) is 12. The zero-order valence-electron chi connectivity index (χ0n) is 76.5. The molecule has 17 aromatic carbocycles. The molecule has 2 atom stereocenters. The fourth-order valence-corrected chi connectivity index (χ4v) is 24.2. The highest BCUT2D eigenvalue weighted by atomic mass is 32.1. The highest BCUT2D eigenvalue weighted by Crippen LogP contribution is 2.53. The molecule has 2 unspecified atom stereocenters. The first-order valence-corrected chi connectivity index (χ1v) is 50.1. The fourth-order valence-electron chi connectivity index (χ4n) is 20.5. The van der Waals surface area contributed by atoms with Crippen LogP contribution in [0.15, 0.2) is 434 Å². The van der Waals surface area contributed by atoms with E-state index in [4.69, 9.17) is 58.4 Å². The number of benzene rings is 17. The number of aromatic nitrogens is 12. The highest BCUT2D eigenvalue weighted by Gasteiger charge is 2.38. The van der Waals surface area contributed by atoms with Gasteiger partial charge in [-0.1, -0.05) is 303 Å². The van der Waals surface area contributed by atoms with E-state index in [0.717, 1.165) is 171 Å². The first-order valence-electron chi connectivity index (χ1n) is 47.6. The zero-order valence-corrected chi connectivity index (χ0v) is 79.0. The van der Waals surface area contributed by atoms with Crippen molar-refractivity contribution in [3.05, 3.63) is 441 Å². The second kappa shape index (κ2) is 34.8. The van der Waals surface area contributed by atoms with E-state index in [9.17, 15) is 0 Å². The third kappa shape index (κ3) is 14.8. The van der Waals surface area contributed by atoms with Crippen molar-refractivity contribution in [1.82, 2.24) is 59.8 Å². The van der Waals surface area contributed by atoms with Gasteiger partial charge in [-0.05, 0) is 153 Å². The Balaban J connectivity index is 0.000000105. The van der Waals surface area contributed by atoms with Crippen LogP contribution in [0.3, 0.4) is 0 Å². The van der Waals surface area contributed by atoms with Crippen LogP contribution < -0.4 is 15.3 Å². The van der Waals surface area contributed by atoms with Crippen molar-refractivity contribution >= 4 is 172 Å². The molecular weight excluding hydrogens is 1830 g/mol. The average Bonchev–Trinajstić information content (AvgIpc) is 1.55. The molecule has 11 aromatic heterocycles. The number of ether oxygens (including phenoxy) is 1. The summed E-state index contributed by atoms with van der Waals surface area (Å²) in [6.07, 6.45) is 13.5. The number of hydrogen-bond donors (Lipinski definition) is 0. The van der Waals surface area contributed by atoms with Crippen LogP contribution in [-0.2, 0) is 0 Å². The Kier molecular flexibility index (Phi) is 20.3. The minimum Gasteiger partial charge on any atom is -0.485 e. The molecule has 0 saturated carbocycles. The molecule has 144 heavy (non-hydrogen) atoms. The van der Waals surface area contributed by atoms with Crippen LogP contribution in [0.2, 0.25) is 0 Å². The van der Waals surface area contributed by atoms with E-state index in [1.807, 2.05) is 265 Å². The normalized spacial score (nSPS) is 13.2. The molecule has 0 fully saturated rings. The van der Waals surface area contributed by atoms with Gasteiger partial charge in [-0.15, -0.1) is 34.0 Å². The van der Waals surface area contributed by atoms with Gasteiger partial charge in [0.15, 0.2) is 52.4 Å². The van der Waals surface area contributed by atoms with Crippen molar-refractivity contribution in [2.24, 2.45) is 0 Å². The van der Waals surface area contributed by atoms with E-state index in [0.29, 0.717) is 52.4 Å². The Morgan fingerprint density at radius 2 is 0.569 bits per heavy atom. The molecule has 1 aliphatic carbocycles. The summed E-state index contributed by atoms with van der Waals surface area (Å²) in [5.41, 5.74) is 19.2. The number of furan rings is 2. The zero-order chi connectivity index (χ0) is 94.8. The van der Waals surface area contributed by atoms with Crippen molar-refractivity contribution in [3.63, 3.8) is 0 Å². The Hall–Kier alpha value is -18.5. The molecule has 2 aliphatic rings. The lowest BCUT2D eigenvalue weighted by atomic mass is 9.86. The molecule has 30 rings (SSSR count). The summed E-state index contributed by atoms with van der Waals surface area (Å²) in [6, 6.07) is 136. The predicted molar refractivity (Wildman–Crippen MR) is 588 cm³/mol. The van der Waals surface area contributed by atoms with Gasteiger partial charge < -0.3 is 13.6 Å². The number of thiophene rings is 3. The molecular formula is C126H74N12O3S3. The Morgan fingerprint density at radius 3 is 0.986 bits per heavy atom. The maximum atomic E-state index is 6.80. The third-order valence-corrected chi connectivity index (χ3v) is 30.9. The molecule has 0 saturated heterocycles. The van der Waals surface area contributed by atoms with Crippen molar-refractivity contribution in [2.75, 3.05) is 0 Å². The van der Waals surface area contributed by atoms with Crippen LogP contribution in [0.4, 0.5) is 0 Å². The molecule has 0 bridgehead atoms. The van der Waals surface area contributed by atoms with Crippen molar-refractivity contribution < 1.29 is 13.6 Å². The SMILES string of the molecule is C1=c2cccnc2=CC2Oc3cc(-c4cccc5c4sc4ccccc45)cc(-c4nc(-c5ccccc5)nc(-c5ccccc5)n4)c3C12.c1ccc(-c2nc(-c3ccccc3)nc(-c3cc(-c4cccc5c4sc4ccccc45)cc4oc5cc6ccncc6cc5c34)n2)cc1.c1ccc(-c2nc(-c3ccccc3)nc(-c3cc(-c4cccc5c4sc4ccccc45)cc4oc5cc6cnccc6cc5c34)n2)cc1. The van der Waals surface area contributed by atoms with E-state index >= 15 is 0 Å². The Bertz CT molecular complexity index is 9620. The highest BCUT2D eigenvalue weighted by molar-refractivity contribution is 7.27. The van der Waals surface area contributed by atoms with E-state index in [2.05, 4.69) is 221 Å². The monoisotopic (exact) mass is 1900 g/mol. The van der Waals surface area contributed by atoms with Gasteiger partial charge >= 0.3 is 0 Å². The summed E-state index contributed by atoms with van der Waals surface area (Å²) in [7, 11) is 0. The lowest BCUT2D eigenvalue weighted by Crippen LogP contribution is -2.36. The minimum atomic E-state index is -0.180. The van der Waals surface area contributed by atoms with E-state index in [1.54, 1.807) is 0 Å². The standard InChI is InChI=1S/C42H26N4OS.2C42H24N4OS/c1-3-11-25(12-4-1)40-44-41(26-13-5-2-6-14-26)46-42(45-40)33-22-28(29-17-9-18-31-30-16-7-8-19-37(30)48-39(29)31)23-36-38(33)32-21-27-15-10-20-43-34(27)24-35(32)47-36;1-3-10-25(11-4-1)40-44-41(26-12-5-2-6-13-26)46-42(45-40)34-20-28(30-15-9-16-32-31-14-7-8-17-37(31)48-39(30)32)23-36-38(34)33-21-29-24-43-19-18-27(29)22-35(33)47-36;1-3-10-25(11-4-1)40-44-41(26-12-5-2-6-13-26)46-42(45-40)34-21-28(30-15-9-16-32-31-14-7-8-17-37(31)48-39(30)32)22-36-38(34)33-20-27-18-19-43-24-29(27)23-35(33)47-36/h1-24,32,35H;2*1-24H. The molecule has 1 aliphatic heterocycles. The lowest BCUT2D eigenvalue weighted by Gasteiger charge is -2.17. The largest absolute Gasteiger partial charge is 0.485 e. The topological polar surface area (TPSA) is 190 Å². The summed E-state index contributed by atoms with van der Waals surface area (Å²) in [5, 5.41) is 17.8. The van der Waals surface area contributed by atoms with Crippen LogP contribution in [0.5, 0.6) is 5.75 Å². The summed E-state index contributed by atoms with van der Waals surface area (Å²) in [5.74, 6) is 6.38. The number of hydrogen-bond acceptors (Lipinski definition) is 18. The molecule has 0 N–H and O–H groups in total. The van der Waals surface area contributed by atoms with Crippen molar-refractivity contribution in [1.29, 1.82) is 0 Å². The molecule has 15 nitrogen and oxygen atoms in total. The summed E-state index contributed by atoms with van der Waals surface area (Å²) < 4.78 is 27.7. The second-order valence-corrected chi connectivity index (χ2v) is 39.1. The van der Waals surface area contributed by atoms with Gasteiger partial charge in [0, 0.05) is 185 Å². The number of pyridine rings is 3. The van der Waals surface area contributed by atoms with E-state index in [-0.39, 0.29) is 12.0 Å². The van der Waals surface area contributed by atoms with Gasteiger partial charge in [-0.2, -0.15) is 0 Å². The maximum absolute atomic E-state index is 6.80. The van der Waals surface area contributed by atoms with Gasteiger partial charge in [0.05, 0.1) is 5.35 Å². The molecule has 18 heteroatoms.